The van der Waals surface area contributed by atoms with Crippen LogP contribution in [0.1, 0.15) is 56.9 Å². The molecule has 3 aliphatic carbocycles. The Bertz CT molecular complexity index is 922. The third kappa shape index (κ3) is 3.26. The summed E-state index contributed by atoms with van der Waals surface area (Å²) in [5, 5.41) is 10.1. The van der Waals surface area contributed by atoms with E-state index in [4.69, 9.17) is 4.74 Å². The molecule has 0 aromatic heterocycles. The molecule has 0 heterocycles. The highest BCUT2D eigenvalue weighted by Gasteiger charge is 2.39. The van der Waals surface area contributed by atoms with Gasteiger partial charge in [0, 0.05) is 11.5 Å². The summed E-state index contributed by atoms with van der Waals surface area (Å²) >= 11 is 0. The number of phenolic OH excluding ortho intramolecular Hbond substituents is 1. The number of fused-ring (bicyclic) bond motifs is 3. The lowest BCUT2D eigenvalue weighted by atomic mass is 9.62. The second-order valence-electron chi connectivity index (χ2n) is 8.47. The van der Waals surface area contributed by atoms with Crippen LogP contribution in [0.3, 0.4) is 0 Å². The lowest BCUT2D eigenvalue weighted by molar-refractivity contribution is 0.335. The highest BCUT2D eigenvalue weighted by atomic mass is 16.5. The van der Waals surface area contributed by atoms with Crippen LogP contribution in [0.15, 0.2) is 71.3 Å². The third-order valence-electron chi connectivity index (χ3n) is 6.74. The SMILES string of the molecule is Oc1cccc(/C(Oc2ccccc2)=C2/C3CCCC2C2=C(CCCC2)C3)c1. The number of phenols is 1. The van der Waals surface area contributed by atoms with Crippen molar-refractivity contribution in [1.82, 2.24) is 0 Å². The zero-order chi connectivity index (χ0) is 18.9. The Morgan fingerprint density at radius 1 is 0.893 bits per heavy atom. The van der Waals surface area contributed by atoms with E-state index >= 15 is 0 Å². The first-order valence-corrected chi connectivity index (χ1v) is 10.8. The summed E-state index contributed by atoms with van der Waals surface area (Å²) in [6.45, 7) is 0. The van der Waals surface area contributed by atoms with Crippen LogP contribution in [0.25, 0.3) is 5.76 Å². The molecular weight excluding hydrogens is 344 g/mol. The first kappa shape index (κ1) is 17.6. The maximum atomic E-state index is 10.1. The van der Waals surface area contributed by atoms with E-state index < -0.39 is 0 Å². The Labute approximate surface area is 167 Å². The van der Waals surface area contributed by atoms with Crippen molar-refractivity contribution in [2.75, 3.05) is 0 Å². The number of rotatable bonds is 3. The largest absolute Gasteiger partial charge is 0.508 e. The van der Waals surface area contributed by atoms with Crippen LogP contribution in [0, 0.1) is 11.8 Å². The minimum absolute atomic E-state index is 0.297. The molecule has 2 aromatic rings. The average Bonchev–Trinajstić information content (AvgIpc) is 2.72. The van der Waals surface area contributed by atoms with Crippen molar-refractivity contribution in [3.8, 4) is 11.5 Å². The molecule has 0 radical (unpaired) electrons. The maximum absolute atomic E-state index is 10.1. The first-order chi connectivity index (χ1) is 13.8. The van der Waals surface area contributed by atoms with Crippen LogP contribution in [-0.4, -0.2) is 5.11 Å². The van der Waals surface area contributed by atoms with Gasteiger partial charge < -0.3 is 9.84 Å². The van der Waals surface area contributed by atoms with Gasteiger partial charge in [0.2, 0.25) is 0 Å². The van der Waals surface area contributed by atoms with Crippen molar-refractivity contribution in [3.63, 3.8) is 0 Å². The Kier molecular flexibility index (Phi) is 4.72. The molecule has 2 nitrogen and oxygen atoms in total. The van der Waals surface area contributed by atoms with E-state index in [1.807, 2.05) is 42.5 Å². The number of benzene rings is 2. The van der Waals surface area contributed by atoms with Gasteiger partial charge in [-0.25, -0.2) is 0 Å². The van der Waals surface area contributed by atoms with Crippen LogP contribution in [-0.2, 0) is 0 Å². The summed E-state index contributed by atoms with van der Waals surface area (Å²) < 4.78 is 6.56. The molecule has 3 aliphatic rings. The zero-order valence-electron chi connectivity index (χ0n) is 16.4. The number of hydrogen-bond acceptors (Lipinski definition) is 2. The van der Waals surface area contributed by atoms with Crippen LogP contribution < -0.4 is 4.74 Å². The van der Waals surface area contributed by atoms with Crippen LogP contribution in [0.2, 0.25) is 0 Å². The Morgan fingerprint density at radius 2 is 1.75 bits per heavy atom. The molecule has 0 aliphatic heterocycles. The monoisotopic (exact) mass is 372 g/mol. The smallest absolute Gasteiger partial charge is 0.134 e. The summed E-state index contributed by atoms with van der Waals surface area (Å²) in [4.78, 5) is 0. The van der Waals surface area contributed by atoms with Gasteiger partial charge in [-0.3, -0.25) is 0 Å². The summed E-state index contributed by atoms with van der Waals surface area (Å²) in [5.74, 6) is 3.26. The number of hydrogen-bond donors (Lipinski definition) is 1. The van der Waals surface area contributed by atoms with Crippen LogP contribution in [0.5, 0.6) is 11.5 Å². The fourth-order valence-corrected chi connectivity index (χ4v) is 5.56. The first-order valence-electron chi connectivity index (χ1n) is 10.8. The van der Waals surface area contributed by atoms with Gasteiger partial charge in [0.1, 0.15) is 17.3 Å². The van der Waals surface area contributed by atoms with E-state index in [-0.39, 0.29) is 0 Å². The zero-order valence-corrected chi connectivity index (χ0v) is 16.4. The molecule has 2 aromatic carbocycles. The van der Waals surface area contributed by atoms with E-state index in [0.717, 1.165) is 17.1 Å². The molecule has 1 N–H and O–H groups in total. The molecule has 5 rings (SSSR count). The molecule has 2 atom stereocenters. The molecule has 1 saturated carbocycles. The van der Waals surface area contributed by atoms with Crippen molar-refractivity contribution in [2.24, 2.45) is 11.8 Å². The summed E-state index contributed by atoms with van der Waals surface area (Å²) in [5.41, 5.74) is 5.95. The van der Waals surface area contributed by atoms with E-state index in [0.29, 0.717) is 17.6 Å². The van der Waals surface area contributed by atoms with Crippen LogP contribution >= 0.6 is 0 Å². The quantitative estimate of drug-likeness (QED) is 0.470. The van der Waals surface area contributed by atoms with Crippen LogP contribution in [0.4, 0.5) is 0 Å². The third-order valence-corrected chi connectivity index (χ3v) is 6.74. The molecule has 2 bridgehead atoms. The van der Waals surface area contributed by atoms with E-state index in [1.165, 1.54) is 56.9 Å². The number of allylic oxidation sites excluding steroid dienone is 3. The topological polar surface area (TPSA) is 29.5 Å². The summed E-state index contributed by atoms with van der Waals surface area (Å²) in [7, 11) is 0. The number of aromatic hydroxyl groups is 1. The Hall–Kier alpha value is -2.48. The average molecular weight is 373 g/mol. The number of ether oxygens (including phenoxy) is 1. The maximum Gasteiger partial charge on any atom is 0.134 e. The minimum Gasteiger partial charge on any atom is -0.508 e. The van der Waals surface area contributed by atoms with Crippen molar-refractivity contribution in [1.29, 1.82) is 0 Å². The van der Waals surface area contributed by atoms with Crippen molar-refractivity contribution in [3.05, 3.63) is 76.9 Å². The second-order valence-corrected chi connectivity index (χ2v) is 8.47. The van der Waals surface area contributed by atoms with Gasteiger partial charge in [-0.2, -0.15) is 0 Å². The fourth-order valence-electron chi connectivity index (χ4n) is 5.56. The Morgan fingerprint density at radius 3 is 2.61 bits per heavy atom. The van der Waals surface area contributed by atoms with E-state index in [9.17, 15) is 5.11 Å². The minimum atomic E-state index is 0.297. The predicted octanol–water partition coefficient (Wildman–Crippen LogP) is 6.87. The summed E-state index contributed by atoms with van der Waals surface area (Å²) in [6, 6.07) is 17.7. The van der Waals surface area contributed by atoms with Gasteiger partial charge in [-0.15, -0.1) is 0 Å². The van der Waals surface area contributed by atoms with Crippen molar-refractivity contribution < 1.29 is 9.84 Å². The molecule has 0 spiro atoms. The molecule has 28 heavy (non-hydrogen) atoms. The van der Waals surface area contributed by atoms with Gasteiger partial charge in [0.25, 0.3) is 0 Å². The summed E-state index contributed by atoms with van der Waals surface area (Å²) in [6.07, 6.45) is 10.3. The molecule has 144 valence electrons. The van der Waals surface area contributed by atoms with Crippen molar-refractivity contribution >= 4 is 5.76 Å². The predicted molar refractivity (Wildman–Crippen MR) is 113 cm³/mol. The molecule has 1 fully saturated rings. The normalized spacial score (nSPS) is 25.9. The molecule has 2 heteroatoms. The molecular formula is C26H28O2. The standard InChI is InChI=1S/C26H28O2/c27-21-11-6-10-20(17-21)26(28-22-12-2-1-3-13-22)25-19-9-7-15-24(25)23-14-5-4-8-18(23)16-19/h1-3,6,10-13,17,19,24,27H,4-5,7-9,14-16H2/b26-25+. The van der Waals surface area contributed by atoms with Crippen molar-refractivity contribution in [2.45, 2.75) is 51.4 Å². The van der Waals surface area contributed by atoms with Gasteiger partial charge >= 0.3 is 0 Å². The van der Waals surface area contributed by atoms with Gasteiger partial charge in [-0.05, 0) is 80.7 Å². The Balaban J connectivity index is 1.66. The van der Waals surface area contributed by atoms with Gasteiger partial charge in [0.15, 0.2) is 0 Å². The highest BCUT2D eigenvalue weighted by molar-refractivity contribution is 5.69. The highest BCUT2D eigenvalue weighted by Crippen LogP contribution is 2.53. The second kappa shape index (κ2) is 7.50. The molecule has 2 unspecified atom stereocenters. The molecule has 0 saturated heterocycles. The molecule has 0 amide bonds. The van der Waals surface area contributed by atoms with Gasteiger partial charge in [0.05, 0.1) is 0 Å². The fraction of sp³-hybridized carbons (Fsp3) is 0.385. The lowest BCUT2D eigenvalue weighted by Crippen LogP contribution is -2.30. The lowest BCUT2D eigenvalue weighted by Gasteiger charge is -2.43. The number of para-hydroxylation sites is 1. The van der Waals surface area contributed by atoms with Gasteiger partial charge in [-0.1, -0.05) is 47.9 Å². The van der Waals surface area contributed by atoms with E-state index in [2.05, 4.69) is 6.07 Å². The van der Waals surface area contributed by atoms with E-state index in [1.54, 1.807) is 17.2 Å².